The summed E-state index contributed by atoms with van der Waals surface area (Å²) >= 11 is 5.91. The highest BCUT2D eigenvalue weighted by Gasteiger charge is 2.25. The average molecular weight is 302 g/mol. The Hall–Kier alpha value is -2.09. The van der Waals surface area contributed by atoms with Gasteiger partial charge >= 0.3 is 0 Å². The lowest BCUT2D eigenvalue weighted by Crippen LogP contribution is -2.05. The van der Waals surface area contributed by atoms with Crippen LogP contribution in [0.4, 0.5) is 0 Å². The fourth-order valence-electron chi connectivity index (χ4n) is 2.17. The van der Waals surface area contributed by atoms with E-state index < -0.39 is 9.84 Å². The van der Waals surface area contributed by atoms with Crippen LogP contribution >= 0.6 is 11.6 Å². The number of fused-ring (bicyclic) bond motifs is 2. The first kappa shape index (κ1) is 12.9. The molecule has 2 aromatic carbocycles. The first-order chi connectivity index (χ1) is 9.52. The molecule has 0 spiro atoms. The fourth-order valence-corrected chi connectivity index (χ4v) is 4.00. The van der Waals surface area contributed by atoms with E-state index in [1.807, 2.05) is 6.07 Å². The molecule has 3 nitrogen and oxygen atoms in total. The van der Waals surface area contributed by atoms with Gasteiger partial charge in [-0.3, -0.25) is 0 Å². The van der Waals surface area contributed by atoms with Crippen LogP contribution in [0.3, 0.4) is 0 Å². The Balaban J connectivity index is 2.38. The van der Waals surface area contributed by atoms with E-state index in [4.69, 9.17) is 16.9 Å². The smallest absolute Gasteiger partial charge is 0.207 e. The third-order valence-electron chi connectivity index (χ3n) is 3.14. The number of rotatable bonds is 0. The standard InChI is InChI=1S/C15H8ClNO2S/c16-13-5-6-14-12(8-13)4-3-11-2-1-10(9-17)7-15(11)20(14,18)19/h1-8H. The van der Waals surface area contributed by atoms with Crippen molar-refractivity contribution < 1.29 is 8.42 Å². The average Bonchev–Trinajstić information content (AvgIpc) is 2.54. The van der Waals surface area contributed by atoms with Gasteiger partial charge in [0.05, 0.1) is 21.4 Å². The molecule has 98 valence electrons. The summed E-state index contributed by atoms with van der Waals surface area (Å²) in [5.74, 6) is 0. The van der Waals surface area contributed by atoms with E-state index in [1.165, 1.54) is 12.1 Å². The Morgan fingerprint density at radius 1 is 0.950 bits per heavy atom. The summed E-state index contributed by atoms with van der Waals surface area (Å²) in [6.45, 7) is 0. The molecule has 0 bridgehead atoms. The van der Waals surface area contributed by atoms with Crippen molar-refractivity contribution in [2.75, 3.05) is 0 Å². The van der Waals surface area contributed by atoms with Crippen LogP contribution in [0.5, 0.6) is 0 Å². The van der Waals surface area contributed by atoms with Crippen LogP contribution in [0.15, 0.2) is 46.2 Å². The minimum absolute atomic E-state index is 0.147. The number of halogens is 1. The van der Waals surface area contributed by atoms with Gasteiger partial charge in [0.1, 0.15) is 0 Å². The lowest BCUT2D eigenvalue weighted by atomic mass is 10.1. The Labute approximate surface area is 121 Å². The SMILES string of the molecule is N#Cc1ccc2c(c1)S(=O)(=O)c1ccc(Cl)cc1C=C2. The molecule has 0 unspecified atom stereocenters. The van der Waals surface area contributed by atoms with Crippen LogP contribution in [0.2, 0.25) is 5.02 Å². The molecule has 0 saturated carbocycles. The van der Waals surface area contributed by atoms with E-state index in [0.29, 0.717) is 21.7 Å². The molecule has 0 atom stereocenters. The largest absolute Gasteiger partial charge is 0.218 e. The van der Waals surface area contributed by atoms with Crippen LogP contribution in [0, 0.1) is 11.3 Å². The zero-order valence-corrected chi connectivity index (χ0v) is 11.7. The molecule has 0 radical (unpaired) electrons. The van der Waals surface area contributed by atoms with Crippen molar-refractivity contribution in [2.45, 2.75) is 9.79 Å². The molecule has 0 N–H and O–H groups in total. The maximum Gasteiger partial charge on any atom is 0.207 e. The van der Waals surface area contributed by atoms with E-state index in [0.717, 1.165) is 0 Å². The third-order valence-corrected chi connectivity index (χ3v) is 5.25. The van der Waals surface area contributed by atoms with E-state index in [9.17, 15) is 8.42 Å². The molecular weight excluding hydrogens is 294 g/mol. The molecule has 0 saturated heterocycles. The zero-order valence-electron chi connectivity index (χ0n) is 10.2. The van der Waals surface area contributed by atoms with Crippen molar-refractivity contribution in [2.24, 2.45) is 0 Å². The van der Waals surface area contributed by atoms with Crippen molar-refractivity contribution in [3.05, 3.63) is 58.1 Å². The molecule has 0 amide bonds. The summed E-state index contributed by atoms with van der Waals surface area (Å²) in [5, 5.41) is 9.41. The van der Waals surface area contributed by atoms with Crippen molar-refractivity contribution in [3.63, 3.8) is 0 Å². The van der Waals surface area contributed by atoms with Gasteiger partial charge in [0.15, 0.2) is 0 Å². The maximum atomic E-state index is 12.7. The molecule has 0 aromatic heterocycles. The second-order valence-corrected chi connectivity index (χ2v) is 6.71. The van der Waals surface area contributed by atoms with Gasteiger partial charge in [0.2, 0.25) is 9.84 Å². The molecular formula is C15H8ClNO2S. The van der Waals surface area contributed by atoms with E-state index in [1.54, 1.807) is 36.4 Å². The lowest BCUT2D eigenvalue weighted by Gasteiger charge is -2.08. The van der Waals surface area contributed by atoms with Crippen LogP contribution in [0.25, 0.3) is 12.2 Å². The van der Waals surface area contributed by atoms with Crippen LogP contribution < -0.4 is 0 Å². The number of hydrogen-bond donors (Lipinski definition) is 0. The molecule has 0 aliphatic carbocycles. The summed E-state index contributed by atoms with van der Waals surface area (Å²) in [5.41, 5.74) is 1.43. The molecule has 20 heavy (non-hydrogen) atoms. The number of hydrogen-bond acceptors (Lipinski definition) is 3. The highest BCUT2D eigenvalue weighted by atomic mass is 35.5. The van der Waals surface area contributed by atoms with E-state index >= 15 is 0 Å². The van der Waals surface area contributed by atoms with Crippen molar-refractivity contribution >= 4 is 33.6 Å². The molecule has 1 aliphatic heterocycles. The molecule has 0 fully saturated rings. The molecule has 1 heterocycles. The highest BCUT2D eigenvalue weighted by molar-refractivity contribution is 7.91. The van der Waals surface area contributed by atoms with Gasteiger partial charge in [-0.15, -0.1) is 0 Å². The monoisotopic (exact) mass is 301 g/mol. The predicted octanol–water partition coefficient (Wildman–Crippen LogP) is 3.53. The van der Waals surface area contributed by atoms with Gasteiger partial charge in [-0.25, -0.2) is 8.42 Å². The number of benzene rings is 2. The van der Waals surface area contributed by atoms with Gasteiger partial charge < -0.3 is 0 Å². The minimum Gasteiger partial charge on any atom is -0.218 e. The molecule has 5 heteroatoms. The zero-order chi connectivity index (χ0) is 14.3. The normalized spacial score (nSPS) is 14.8. The Morgan fingerprint density at radius 3 is 2.45 bits per heavy atom. The lowest BCUT2D eigenvalue weighted by molar-refractivity contribution is 0.596. The van der Waals surface area contributed by atoms with Crippen LogP contribution in [-0.2, 0) is 9.84 Å². The summed E-state index contributed by atoms with van der Waals surface area (Å²) in [6, 6.07) is 11.2. The van der Waals surface area contributed by atoms with Crippen molar-refractivity contribution in [1.82, 2.24) is 0 Å². The van der Waals surface area contributed by atoms with Gasteiger partial charge in [-0.05, 0) is 41.5 Å². The van der Waals surface area contributed by atoms with Crippen molar-refractivity contribution in [3.8, 4) is 6.07 Å². The minimum atomic E-state index is -3.66. The fraction of sp³-hybridized carbons (Fsp3) is 0. The Morgan fingerprint density at radius 2 is 1.70 bits per heavy atom. The van der Waals surface area contributed by atoms with Gasteiger partial charge in [0.25, 0.3) is 0 Å². The third kappa shape index (κ3) is 1.92. The second-order valence-electron chi connectivity index (χ2n) is 4.38. The molecule has 3 rings (SSSR count). The van der Waals surface area contributed by atoms with E-state index in [-0.39, 0.29) is 9.79 Å². The summed E-state index contributed by atoms with van der Waals surface area (Å²) in [7, 11) is -3.66. The predicted molar refractivity (Wildman–Crippen MR) is 77.0 cm³/mol. The number of nitrogens with zero attached hydrogens (tertiary/aromatic N) is 1. The maximum absolute atomic E-state index is 12.7. The van der Waals surface area contributed by atoms with Crippen LogP contribution in [-0.4, -0.2) is 8.42 Å². The number of nitriles is 1. The quantitative estimate of drug-likeness (QED) is 0.638. The van der Waals surface area contributed by atoms with Crippen LogP contribution in [0.1, 0.15) is 16.7 Å². The topological polar surface area (TPSA) is 57.9 Å². The van der Waals surface area contributed by atoms with Gasteiger partial charge in [0, 0.05) is 5.02 Å². The first-order valence-corrected chi connectivity index (χ1v) is 7.65. The highest BCUT2D eigenvalue weighted by Crippen LogP contribution is 2.33. The first-order valence-electron chi connectivity index (χ1n) is 5.79. The Bertz CT molecular complexity index is 893. The summed E-state index contributed by atoms with van der Waals surface area (Å²) in [4.78, 5) is 0.348. The van der Waals surface area contributed by atoms with Gasteiger partial charge in [-0.2, -0.15) is 5.26 Å². The summed E-state index contributed by atoms with van der Waals surface area (Å²) in [6.07, 6.45) is 3.44. The molecule has 1 aliphatic rings. The second kappa shape index (κ2) is 4.48. The van der Waals surface area contributed by atoms with Gasteiger partial charge in [-0.1, -0.05) is 29.8 Å². The molecule has 2 aromatic rings. The Kier molecular flexibility index (Phi) is 2.89. The van der Waals surface area contributed by atoms with Crippen molar-refractivity contribution in [1.29, 1.82) is 5.26 Å². The number of sulfone groups is 1. The van der Waals surface area contributed by atoms with E-state index in [2.05, 4.69) is 0 Å². The summed E-state index contributed by atoms with van der Waals surface area (Å²) < 4.78 is 25.4.